The first-order valence-corrected chi connectivity index (χ1v) is 13.8. The number of pyridine rings is 2. The molecule has 0 spiro atoms. The second-order valence-corrected chi connectivity index (χ2v) is 10.5. The molecule has 0 N–H and O–H groups in total. The van der Waals surface area contributed by atoms with Gasteiger partial charge in [0, 0.05) is 44.1 Å². The van der Waals surface area contributed by atoms with Gasteiger partial charge in [-0.05, 0) is 62.3 Å². The molecule has 0 bridgehead atoms. The van der Waals surface area contributed by atoms with Crippen LogP contribution in [0.2, 0.25) is 0 Å². The van der Waals surface area contributed by atoms with E-state index >= 15 is 0 Å². The van der Waals surface area contributed by atoms with Crippen molar-refractivity contribution in [2.75, 3.05) is 0 Å². The first-order valence-electron chi connectivity index (χ1n) is 13.8. The van der Waals surface area contributed by atoms with Crippen LogP contribution in [0.3, 0.4) is 0 Å². The summed E-state index contributed by atoms with van der Waals surface area (Å²) in [5, 5.41) is 1.95. The van der Waals surface area contributed by atoms with Crippen molar-refractivity contribution >= 4 is 38.9 Å². The zero-order valence-electron chi connectivity index (χ0n) is 24.1. The van der Waals surface area contributed by atoms with E-state index in [-0.39, 0.29) is 20.1 Å². The van der Waals surface area contributed by atoms with Crippen LogP contribution in [-0.4, -0.2) is 24.3 Å². The first-order chi connectivity index (χ1) is 20.5. The summed E-state index contributed by atoms with van der Waals surface area (Å²) < 4.78 is 8.37. The molecular weight excluding hydrogens is 711 g/mol. The second kappa shape index (κ2) is 11.5. The number of hydrogen-bond donors (Lipinski definition) is 0. The Morgan fingerprint density at radius 3 is 2.14 bits per heavy atom. The quantitative estimate of drug-likeness (QED) is 0.167. The Kier molecular flexibility index (Phi) is 7.61. The summed E-state index contributed by atoms with van der Waals surface area (Å²) in [6.07, 6.45) is 5.63. The average molecular weight is 738 g/mol. The van der Waals surface area contributed by atoms with Crippen molar-refractivity contribution in [1.82, 2.24) is 24.3 Å². The third-order valence-electron chi connectivity index (χ3n) is 7.71. The number of para-hydroxylation sites is 2. The van der Waals surface area contributed by atoms with Crippen molar-refractivity contribution < 1.29 is 24.5 Å². The molecule has 0 unspecified atom stereocenters. The summed E-state index contributed by atoms with van der Waals surface area (Å²) in [5.74, 6) is 0.627. The molecule has 0 amide bonds. The van der Waals surface area contributed by atoms with Crippen molar-refractivity contribution in [3.05, 3.63) is 126 Å². The molecule has 8 aromatic rings. The van der Waals surface area contributed by atoms with E-state index in [1.807, 2.05) is 83.7 Å². The Hall–Kier alpha value is -4.71. The molecule has 1 radical (unpaired) electrons. The molecule has 0 saturated carbocycles. The topological polar surface area (TPSA) is 69.1 Å². The van der Waals surface area contributed by atoms with Gasteiger partial charge in [0.25, 0.3) is 0 Å². The largest absolute Gasteiger partial charge is 0.487 e. The van der Waals surface area contributed by atoms with Crippen LogP contribution in [0.1, 0.15) is 22.3 Å². The average Bonchev–Trinajstić information content (AvgIpc) is 3.59. The molecule has 5 aromatic heterocycles. The molecule has 8 rings (SSSR count). The fourth-order valence-corrected chi connectivity index (χ4v) is 5.06. The monoisotopic (exact) mass is 738 g/mol. The second-order valence-electron chi connectivity index (χ2n) is 10.5. The molecule has 0 aliphatic rings. The standard InChI is InChI=1S/C23H15N4O.C13H12N.Ir/c1-13-10-19(24-11-14(13)2)16-7-5-6-15-17-12-25-23-26-18-8-3-4-9-20(18)27(23)22(17)28-21(15)16;1-10-8-13(14-9-11(10)2)12-6-4-3-5-7-12;/h3-6,8-12H,1-2H3;3-6,8-9H,1-2H3;/q2*-1;. The molecule has 43 heavy (non-hydrogen) atoms. The van der Waals surface area contributed by atoms with Crippen molar-refractivity contribution in [3.8, 4) is 22.5 Å². The van der Waals surface area contributed by atoms with E-state index in [0.29, 0.717) is 5.78 Å². The van der Waals surface area contributed by atoms with Gasteiger partial charge in [-0.3, -0.25) is 0 Å². The van der Waals surface area contributed by atoms with E-state index in [4.69, 9.17) is 4.42 Å². The summed E-state index contributed by atoms with van der Waals surface area (Å²) >= 11 is 0. The SMILES string of the molecule is Cc1cnc(-c2[c-]ccc3c2oc2c3cnc3nc4ccccc4n32)cc1C.Cc1cnc(-c2[c-]cccc2)cc1C.[Ir]. The Labute approximate surface area is 262 Å². The molecule has 0 fully saturated rings. The van der Waals surface area contributed by atoms with Crippen LogP contribution in [0, 0.1) is 39.8 Å². The van der Waals surface area contributed by atoms with Crippen LogP contribution in [0.5, 0.6) is 0 Å². The summed E-state index contributed by atoms with van der Waals surface area (Å²) in [4.78, 5) is 18.2. The summed E-state index contributed by atoms with van der Waals surface area (Å²) in [6, 6.07) is 30.5. The first kappa shape index (κ1) is 28.4. The van der Waals surface area contributed by atoms with Gasteiger partial charge in [0.05, 0.1) is 16.6 Å². The van der Waals surface area contributed by atoms with Gasteiger partial charge < -0.3 is 14.4 Å². The number of nitrogens with zero attached hydrogens (tertiary/aromatic N) is 5. The van der Waals surface area contributed by atoms with Crippen LogP contribution in [0.25, 0.3) is 61.4 Å². The number of rotatable bonds is 2. The summed E-state index contributed by atoms with van der Waals surface area (Å²) in [6.45, 7) is 8.32. The zero-order valence-corrected chi connectivity index (χ0v) is 26.5. The van der Waals surface area contributed by atoms with Gasteiger partial charge in [0.15, 0.2) is 0 Å². The molecule has 7 heteroatoms. The van der Waals surface area contributed by atoms with Gasteiger partial charge in [-0.15, -0.1) is 54.1 Å². The van der Waals surface area contributed by atoms with E-state index in [0.717, 1.165) is 61.2 Å². The molecular formula is C36H27IrN5O-2. The molecule has 0 aliphatic carbocycles. The van der Waals surface area contributed by atoms with Crippen LogP contribution in [-0.2, 0) is 20.1 Å². The van der Waals surface area contributed by atoms with Crippen LogP contribution < -0.4 is 0 Å². The third-order valence-corrected chi connectivity index (χ3v) is 7.71. The van der Waals surface area contributed by atoms with Crippen LogP contribution >= 0.6 is 0 Å². The minimum atomic E-state index is 0. The van der Waals surface area contributed by atoms with Gasteiger partial charge >= 0.3 is 0 Å². The fraction of sp³-hybridized carbons (Fsp3) is 0.111. The number of aryl methyl sites for hydroxylation is 4. The van der Waals surface area contributed by atoms with Crippen molar-refractivity contribution in [2.24, 2.45) is 0 Å². The number of furan rings is 1. The van der Waals surface area contributed by atoms with E-state index in [1.165, 1.54) is 16.7 Å². The van der Waals surface area contributed by atoms with E-state index in [1.54, 1.807) is 0 Å². The molecule has 6 nitrogen and oxygen atoms in total. The predicted octanol–water partition coefficient (Wildman–Crippen LogP) is 8.42. The predicted molar refractivity (Wildman–Crippen MR) is 167 cm³/mol. The Bertz CT molecular complexity index is 2250. The molecule has 0 saturated heterocycles. The maximum atomic E-state index is 6.40. The van der Waals surface area contributed by atoms with Gasteiger partial charge in [-0.2, -0.15) is 0 Å². The smallest absolute Gasteiger partial charge is 0.237 e. The maximum Gasteiger partial charge on any atom is 0.237 e. The van der Waals surface area contributed by atoms with Crippen molar-refractivity contribution in [2.45, 2.75) is 27.7 Å². The van der Waals surface area contributed by atoms with Gasteiger partial charge in [0.2, 0.25) is 11.5 Å². The summed E-state index contributed by atoms with van der Waals surface area (Å²) in [7, 11) is 0. The molecule has 3 aromatic carbocycles. The van der Waals surface area contributed by atoms with E-state index in [9.17, 15) is 0 Å². The molecule has 213 valence electrons. The number of imidazole rings is 1. The number of fused-ring (bicyclic) bond motifs is 7. The number of hydrogen-bond acceptors (Lipinski definition) is 5. The number of aromatic nitrogens is 5. The maximum absolute atomic E-state index is 6.40. The van der Waals surface area contributed by atoms with E-state index in [2.05, 4.69) is 71.9 Å². The summed E-state index contributed by atoms with van der Waals surface area (Å²) in [5.41, 5.74) is 12.0. The van der Waals surface area contributed by atoms with Gasteiger partial charge in [-0.25, -0.2) is 14.4 Å². The molecule has 0 atom stereocenters. The molecule has 0 aliphatic heterocycles. The minimum Gasteiger partial charge on any atom is -0.487 e. The fourth-order valence-electron chi connectivity index (χ4n) is 5.06. The zero-order chi connectivity index (χ0) is 28.8. The normalized spacial score (nSPS) is 11.1. The Balaban J connectivity index is 0.000000186. The minimum absolute atomic E-state index is 0. The van der Waals surface area contributed by atoms with E-state index < -0.39 is 0 Å². The van der Waals surface area contributed by atoms with Crippen LogP contribution in [0.4, 0.5) is 0 Å². The van der Waals surface area contributed by atoms with Gasteiger partial charge in [0.1, 0.15) is 0 Å². The van der Waals surface area contributed by atoms with Crippen molar-refractivity contribution in [3.63, 3.8) is 0 Å². The Morgan fingerprint density at radius 2 is 1.40 bits per heavy atom. The number of benzene rings is 3. The van der Waals surface area contributed by atoms with Crippen LogP contribution in [0.15, 0.2) is 95.8 Å². The van der Waals surface area contributed by atoms with Gasteiger partial charge in [-0.1, -0.05) is 46.3 Å². The van der Waals surface area contributed by atoms with Crippen molar-refractivity contribution in [1.29, 1.82) is 0 Å². The molecule has 5 heterocycles. The third kappa shape index (κ3) is 5.11. The Morgan fingerprint density at radius 1 is 0.674 bits per heavy atom.